The third-order valence-corrected chi connectivity index (χ3v) is 4.37. The molecule has 3 aromatic rings. The Morgan fingerprint density at radius 1 is 1.31 bits per heavy atom. The molecule has 0 amide bonds. The minimum atomic E-state index is -0.547. The number of H-pyrrole nitrogens is 1. The fourth-order valence-electron chi connectivity index (χ4n) is 2.89. The summed E-state index contributed by atoms with van der Waals surface area (Å²) in [5, 5.41) is 15.1. The molecule has 29 heavy (non-hydrogen) atoms. The number of nitro benzene ring substituents is 1. The van der Waals surface area contributed by atoms with Crippen molar-refractivity contribution in [1.82, 2.24) is 19.1 Å². The van der Waals surface area contributed by atoms with Gasteiger partial charge >= 0.3 is 5.69 Å². The van der Waals surface area contributed by atoms with Gasteiger partial charge in [-0.25, -0.2) is 10.2 Å². The lowest BCUT2D eigenvalue weighted by atomic mass is 10.1. The van der Waals surface area contributed by atoms with E-state index in [2.05, 4.69) is 20.5 Å². The van der Waals surface area contributed by atoms with Crippen molar-refractivity contribution in [3.63, 3.8) is 0 Å². The molecular weight excluding hydrogens is 378 g/mol. The fraction of sp³-hybridized carbons (Fsp3) is 0.333. The number of hydrazone groups is 1. The Labute approximate surface area is 164 Å². The third kappa shape index (κ3) is 3.93. The molecule has 0 atom stereocenters. The quantitative estimate of drug-likeness (QED) is 0.368. The van der Waals surface area contributed by atoms with Crippen molar-refractivity contribution in [2.45, 2.75) is 27.3 Å². The minimum absolute atomic E-state index is 0.00613. The van der Waals surface area contributed by atoms with Crippen LogP contribution in [-0.4, -0.2) is 29.7 Å². The van der Waals surface area contributed by atoms with E-state index in [-0.39, 0.29) is 22.8 Å². The summed E-state index contributed by atoms with van der Waals surface area (Å²) in [7, 11) is 1.53. The van der Waals surface area contributed by atoms with Gasteiger partial charge in [0.25, 0.3) is 11.2 Å². The lowest BCUT2D eigenvalue weighted by Gasteiger charge is -2.11. The second-order valence-electron chi connectivity index (χ2n) is 7.04. The largest absolute Gasteiger partial charge is 0.329 e. The molecule has 0 saturated carbocycles. The van der Waals surface area contributed by atoms with E-state index in [1.807, 2.05) is 13.8 Å². The molecule has 0 fully saturated rings. The van der Waals surface area contributed by atoms with Crippen LogP contribution in [-0.2, 0) is 13.6 Å². The van der Waals surface area contributed by atoms with Gasteiger partial charge in [0, 0.05) is 25.7 Å². The minimum Gasteiger partial charge on any atom is -0.303 e. The van der Waals surface area contributed by atoms with Crippen molar-refractivity contribution in [3.05, 3.63) is 60.8 Å². The highest BCUT2D eigenvalue weighted by atomic mass is 16.6. The van der Waals surface area contributed by atoms with E-state index in [4.69, 9.17) is 0 Å². The topological polar surface area (TPSA) is 140 Å². The molecule has 0 aliphatic heterocycles. The molecule has 2 N–H and O–H groups in total. The third-order valence-electron chi connectivity index (χ3n) is 4.37. The first-order valence-electron chi connectivity index (χ1n) is 8.93. The number of rotatable bonds is 6. The van der Waals surface area contributed by atoms with Crippen LogP contribution in [0.25, 0.3) is 11.2 Å². The fourth-order valence-corrected chi connectivity index (χ4v) is 2.89. The number of aromatic amines is 1. The van der Waals surface area contributed by atoms with Crippen molar-refractivity contribution < 1.29 is 4.92 Å². The van der Waals surface area contributed by atoms with Gasteiger partial charge in [-0.15, -0.1) is 0 Å². The number of nitro groups is 1. The van der Waals surface area contributed by atoms with Crippen LogP contribution in [0.2, 0.25) is 0 Å². The Morgan fingerprint density at radius 2 is 1.97 bits per heavy atom. The van der Waals surface area contributed by atoms with Gasteiger partial charge in [0.05, 0.1) is 10.6 Å². The van der Waals surface area contributed by atoms with E-state index in [1.54, 1.807) is 23.6 Å². The average molecular weight is 399 g/mol. The summed E-state index contributed by atoms with van der Waals surface area (Å²) < 4.78 is 2.95. The number of nitrogens with one attached hydrogen (secondary N) is 2. The maximum absolute atomic E-state index is 12.4. The predicted molar refractivity (Wildman–Crippen MR) is 109 cm³/mol. The van der Waals surface area contributed by atoms with Crippen LogP contribution in [0.1, 0.15) is 26.3 Å². The predicted octanol–water partition coefficient (Wildman–Crippen LogP) is 1.82. The standard InChI is InChI=1S/C18H21N7O4/c1-10(2)9-24-14-15(23(4)18(27)20-16(14)26)19-17(24)22-21-11(3)12-5-7-13(8-6-12)25(28)29/h5-8,10H,9H2,1-4H3,(H,19,22)(H,20,26,27)/b21-11-. The summed E-state index contributed by atoms with van der Waals surface area (Å²) in [4.78, 5) is 41.2. The van der Waals surface area contributed by atoms with E-state index in [9.17, 15) is 19.7 Å². The smallest absolute Gasteiger partial charge is 0.303 e. The first kappa shape index (κ1) is 20.0. The monoisotopic (exact) mass is 399 g/mol. The highest BCUT2D eigenvalue weighted by Gasteiger charge is 2.18. The Bertz CT molecular complexity index is 1220. The molecule has 2 aromatic heterocycles. The number of benzene rings is 1. The number of hydrogen-bond acceptors (Lipinski definition) is 7. The Morgan fingerprint density at radius 3 is 2.55 bits per heavy atom. The number of aromatic nitrogens is 4. The van der Waals surface area contributed by atoms with Gasteiger partial charge in [-0.3, -0.25) is 24.5 Å². The van der Waals surface area contributed by atoms with Gasteiger partial charge in [0.15, 0.2) is 11.2 Å². The van der Waals surface area contributed by atoms with Crippen LogP contribution in [0.15, 0.2) is 39.0 Å². The van der Waals surface area contributed by atoms with Crippen LogP contribution >= 0.6 is 0 Å². The highest BCUT2D eigenvalue weighted by molar-refractivity contribution is 5.99. The molecule has 3 rings (SSSR count). The molecule has 11 nitrogen and oxygen atoms in total. The zero-order valence-electron chi connectivity index (χ0n) is 16.5. The lowest BCUT2D eigenvalue weighted by molar-refractivity contribution is -0.384. The maximum atomic E-state index is 12.4. The highest BCUT2D eigenvalue weighted by Crippen LogP contribution is 2.18. The average Bonchev–Trinajstić information content (AvgIpc) is 3.02. The number of nitrogens with zero attached hydrogens (tertiary/aromatic N) is 5. The Hall–Kier alpha value is -3.76. The zero-order chi connectivity index (χ0) is 21.3. The Kier molecular flexibility index (Phi) is 5.31. The summed E-state index contributed by atoms with van der Waals surface area (Å²) in [5.41, 5.74) is 3.60. The second-order valence-corrected chi connectivity index (χ2v) is 7.04. The lowest BCUT2D eigenvalue weighted by Crippen LogP contribution is -2.29. The van der Waals surface area contributed by atoms with Crippen molar-refractivity contribution in [3.8, 4) is 0 Å². The van der Waals surface area contributed by atoms with Gasteiger partial charge < -0.3 is 4.57 Å². The number of anilines is 1. The molecule has 152 valence electrons. The summed E-state index contributed by atoms with van der Waals surface area (Å²) in [6, 6.07) is 6.00. The molecule has 0 spiro atoms. The number of hydrogen-bond donors (Lipinski definition) is 2. The summed E-state index contributed by atoms with van der Waals surface area (Å²) in [6.07, 6.45) is 0. The summed E-state index contributed by atoms with van der Waals surface area (Å²) in [6.45, 7) is 6.23. The van der Waals surface area contributed by atoms with Crippen LogP contribution in [0.5, 0.6) is 0 Å². The van der Waals surface area contributed by atoms with Gasteiger partial charge in [-0.1, -0.05) is 13.8 Å². The van der Waals surface area contributed by atoms with Gasteiger partial charge in [-0.2, -0.15) is 10.1 Å². The van der Waals surface area contributed by atoms with Crippen molar-refractivity contribution >= 4 is 28.5 Å². The first-order valence-corrected chi connectivity index (χ1v) is 8.93. The molecule has 11 heteroatoms. The van der Waals surface area contributed by atoms with Crippen LogP contribution in [0.3, 0.4) is 0 Å². The molecule has 0 unspecified atom stereocenters. The molecule has 2 heterocycles. The Balaban J connectivity index is 2.02. The normalized spacial score (nSPS) is 12.0. The maximum Gasteiger partial charge on any atom is 0.329 e. The van der Waals surface area contributed by atoms with E-state index < -0.39 is 16.2 Å². The number of fused-ring (bicyclic) bond motifs is 1. The summed E-state index contributed by atoms with van der Waals surface area (Å²) in [5.74, 6) is 0.533. The first-order chi connectivity index (χ1) is 13.7. The molecule has 1 aromatic carbocycles. The number of imidazole rings is 1. The molecule has 0 saturated heterocycles. The van der Waals surface area contributed by atoms with Gasteiger partial charge in [-0.05, 0) is 30.5 Å². The van der Waals surface area contributed by atoms with Crippen LogP contribution in [0, 0.1) is 16.0 Å². The summed E-state index contributed by atoms with van der Waals surface area (Å²) >= 11 is 0. The number of aryl methyl sites for hydroxylation is 1. The second kappa shape index (κ2) is 7.70. The zero-order valence-corrected chi connectivity index (χ0v) is 16.5. The molecular formula is C18H21N7O4. The molecule has 0 aliphatic rings. The van der Waals surface area contributed by atoms with Gasteiger partial charge in [0.1, 0.15) is 0 Å². The van der Waals surface area contributed by atoms with E-state index >= 15 is 0 Å². The van der Waals surface area contributed by atoms with Gasteiger partial charge in [0.2, 0.25) is 5.95 Å². The van der Waals surface area contributed by atoms with Crippen LogP contribution in [0.4, 0.5) is 11.6 Å². The van der Waals surface area contributed by atoms with Crippen molar-refractivity contribution in [2.75, 3.05) is 5.43 Å². The van der Waals surface area contributed by atoms with Crippen molar-refractivity contribution in [2.24, 2.45) is 18.1 Å². The van der Waals surface area contributed by atoms with Crippen LogP contribution < -0.4 is 16.7 Å². The van der Waals surface area contributed by atoms with E-state index in [0.717, 1.165) is 0 Å². The number of non-ortho nitro benzene ring substituents is 1. The van der Waals surface area contributed by atoms with E-state index in [0.29, 0.717) is 23.8 Å². The van der Waals surface area contributed by atoms with Crippen molar-refractivity contribution in [1.29, 1.82) is 0 Å². The van der Waals surface area contributed by atoms with E-state index in [1.165, 1.54) is 23.7 Å². The molecule has 0 bridgehead atoms. The SMILES string of the molecule is C/C(=N/Nc1nc2c(c(=O)[nH]c(=O)n2C)n1CC(C)C)c1ccc([N+](=O)[O-])cc1. The molecule has 0 aliphatic carbocycles. The molecule has 0 radical (unpaired) electrons.